The topological polar surface area (TPSA) is 51.1 Å². The molecule has 3 aromatic rings. The number of hydrogen-bond acceptors (Lipinski definition) is 4. The molecule has 190 valence electrons. The fraction of sp³-hybridized carbons (Fsp3) is 0.290. The number of fused-ring (bicyclic) bond motifs is 1. The molecule has 5 nitrogen and oxygen atoms in total. The van der Waals surface area contributed by atoms with Crippen LogP contribution in [0.3, 0.4) is 0 Å². The SMILES string of the molecule is CCOc1ccc(/C=C2/CCCC3C2=NN(C(=O)c2ccc(F)cc2)C3c2ccc(OCC)cc2)cc1. The van der Waals surface area contributed by atoms with Gasteiger partial charge in [-0.1, -0.05) is 24.3 Å². The molecule has 3 aromatic carbocycles. The van der Waals surface area contributed by atoms with E-state index in [1.165, 1.54) is 24.3 Å². The van der Waals surface area contributed by atoms with E-state index in [0.717, 1.165) is 53.2 Å². The lowest BCUT2D eigenvalue weighted by Gasteiger charge is -2.29. The highest BCUT2D eigenvalue weighted by Crippen LogP contribution is 2.45. The minimum Gasteiger partial charge on any atom is -0.494 e. The summed E-state index contributed by atoms with van der Waals surface area (Å²) >= 11 is 0. The summed E-state index contributed by atoms with van der Waals surface area (Å²) < 4.78 is 24.8. The van der Waals surface area contributed by atoms with Crippen LogP contribution in [0.25, 0.3) is 6.08 Å². The summed E-state index contributed by atoms with van der Waals surface area (Å²) in [6.07, 6.45) is 5.02. The van der Waals surface area contributed by atoms with Gasteiger partial charge in [0.15, 0.2) is 0 Å². The number of amides is 1. The van der Waals surface area contributed by atoms with Crippen molar-refractivity contribution in [3.63, 3.8) is 0 Å². The van der Waals surface area contributed by atoms with Crippen LogP contribution in [0.15, 0.2) is 83.5 Å². The van der Waals surface area contributed by atoms with Crippen LogP contribution in [0.2, 0.25) is 0 Å². The van der Waals surface area contributed by atoms with Crippen molar-refractivity contribution >= 4 is 17.7 Å². The first-order chi connectivity index (χ1) is 18.1. The lowest BCUT2D eigenvalue weighted by atomic mass is 9.77. The molecule has 1 heterocycles. The number of benzene rings is 3. The smallest absolute Gasteiger partial charge is 0.274 e. The fourth-order valence-corrected chi connectivity index (χ4v) is 5.18. The summed E-state index contributed by atoms with van der Waals surface area (Å²) in [6.45, 7) is 5.14. The molecular formula is C31H31FN2O3. The monoisotopic (exact) mass is 498 g/mol. The van der Waals surface area contributed by atoms with E-state index in [-0.39, 0.29) is 23.7 Å². The Kier molecular flexibility index (Phi) is 7.35. The van der Waals surface area contributed by atoms with Crippen LogP contribution in [0.1, 0.15) is 60.6 Å². The quantitative estimate of drug-likeness (QED) is 0.350. The van der Waals surface area contributed by atoms with Gasteiger partial charge in [0.2, 0.25) is 0 Å². The Balaban J connectivity index is 1.52. The first-order valence-electron chi connectivity index (χ1n) is 12.9. The molecule has 1 aliphatic heterocycles. The number of carbonyl (C=O) groups is 1. The lowest BCUT2D eigenvalue weighted by molar-refractivity contribution is 0.0681. The third kappa shape index (κ3) is 5.29. The number of hydrogen-bond donors (Lipinski definition) is 0. The van der Waals surface area contributed by atoms with Gasteiger partial charge in [-0.3, -0.25) is 4.79 Å². The van der Waals surface area contributed by atoms with E-state index in [9.17, 15) is 9.18 Å². The highest BCUT2D eigenvalue weighted by Gasteiger charge is 2.44. The molecule has 0 bridgehead atoms. The summed E-state index contributed by atoms with van der Waals surface area (Å²) in [5.74, 6) is 1.10. The molecule has 0 N–H and O–H groups in total. The Labute approximate surface area is 217 Å². The number of halogens is 1. The van der Waals surface area contributed by atoms with Gasteiger partial charge in [-0.05, 0) is 104 Å². The van der Waals surface area contributed by atoms with Crippen LogP contribution >= 0.6 is 0 Å². The maximum atomic E-state index is 13.7. The molecule has 1 fully saturated rings. The lowest BCUT2D eigenvalue weighted by Crippen LogP contribution is -2.31. The van der Waals surface area contributed by atoms with Gasteiger partial charge >= 0.3 is 0 Å². The standard InChI is InChI=1S/C31H31FN2O3/c1-3-36-26-16-8-21(9-17-26)20-24-6-5-7-28-29(24)33-34(31(35)23-10-14-25(32)15-11-23)30(28)22-12-18-27(19-13-22)37-4-2/h8-20,28,30H,3-7H2,1-2H3/b24-20-. The van der Waals surface area contributed by atoms with Crippen molar-refractivity contribution in [2.24, 2.45) is 11.0 Å². The summed E-state index contributed by atoms with van der Waals surface area (Å²) in [4.78, 5) is 13.7. The van der Waals surface area contributed by atoms with Crippen LogP contribution in [0, 0.1) is 11.7 Å². The van der Waals surface area contributed by atoms with Crippen LogP contribution in [0.4, 0.5) is 4.39 Å². The molecule has 5 rings (SSSR count). The van der Waals surface area contributed by atoms with Crippen LogP contribution in [-0.4, -0.2) is 29.8 Å². The Bertz CT molecular complexity index is 1300. The Morgan fingerprint density at radius 3 is 2.19 bits per heavy atom. The van der Waals surface area contributed by atoms with Gasteiger partial charge in [0, 0.05) is 11.5 Å². The minimum absolute atomic E-state index is 0.0741. The predicted octanol–water partition coefficient (Wildman–Crippen LogP) is 7.06. The highest BCUT2D eigenvalue weighted by molar-refractivity contribution is 6.09. The maximum absolute atomic E-state index is 13.7. The van der Waals surface area contributed by atoms with E-state index in [0.29, 0.717) is 18.8 Å². The molecule has 2 unspecified atom stereocenters. The number of nitrogens with zero attached hydrogens (tertiary/aromatic N) is 2. The molecule has 0 radical (unpaired) electrons. The van der Waals surface area contributed by atoms with Crippen molar-refractivity contribution in [2.45, 2.75) is 39.2 Å². The summed E-state index contributed by atoms with van der Waals surface area (Å²) in [7, 11) is 0. The average molecular weight is 499 g/mol. The molecular weight excluding hydrogens is 467 g/mol. The van der Waals surface area contributed by atoms with E-state index >= 15 is 0 Å². The maximum Gasteiger partial charge on any atom is 0.274 e. The second-order valence-electron chi connectivity index (χ2n) is 9.26. The van der Waals surface area contributed by atoms with Crippen molar-refractivity contribution < 1.29 is 18.7 Å². The van der Waals surface area contributed by atoms with Gasteiger partial charge in [-0.15, -0.1) is 0 Å². The second-order valence-corrected chi connectivity index (χ2v) is 9.26. The van der Waals surface area contributed by atoms with Gasteiger partial charge in [0.05, 0.1) is 25.0 Å². The number of hydrazone groups is 1. The molecule has 2 aliphatic rings. The van der Waals surface area contributed by atoms with E-state index in [4.69, 9.17) is 14.6 Å². The Morgan fingerprint density at radius 1 is 0.946 bits per heavy atom. The van der Waals surface area contributed by atoms with E-state index in [1.54, 1.807) is 5.01 Å². The highest BCUT2D eigenvalue weighted by atomic mass is 19.1. The number of carbonyl (C=O) groups excluding carboxylic acids is 1. The van der Waals surface area contributed by atoms with Crippen LogP contribution in [-0.2, 0) is 0 Å². The zero-order chi connectivity index (χ0) is 25.8. The molecule has 0 saturated heterocycles. The molecule has 2 atom stereocenters. The number of rotatable bonds is 7. The molecule has 0 aromatic heterocycles. The first-order valence-corrected chi connectivity index (χ1v) is 12.9. The minimum atomic E-state index is -0.374. The number of ether oxygens (including phenoxy) is 2. The Hall–Kier alpha value is -3.93. The fourth-order valence-electron chi connectivity index (χ4n) is 5.18. The molecule has 6 heteroatoms. The average Bonchev–Trinajstić information content (AvgIpc) is 3.31. The van der Waals surface area contributed by atoms with E-state index in [2.05, 4.69) is 6.08 Å². The molecule has 1 aliphatic carbocycles. The molecule has 37 heavy (non-hydrogen) atoms. The second kappa shape index (κ2) is 11.0. The zero-order valence-electron chi connectivity index (χ0n) is 21.2. The van der Waals surface area contributed by atoms with E-state index in [1.807, 2.05) is 62.4 Å². The van der Waals surface area contributed by atoms with Gasteiger partial charge in [0.25, 0.3) is 5.91 Å². The van der Waals surface area contributed by atoms with Crippen molar-refractivity contribution in [3.8, 4) is 11.5 Å². The normalized spacial score (nSPS) is 19.9. The van der Waals surface area contributed by atoms with Crippen molar-refractivity contribution in [3.05, 3.63) is 101 Å². The van der Waals surface area contributed by atoms with Crippen molar-refractivity contribution in [2.75, 3.05) is 13.2 Å². The van der Waals surface area contributed by atoms with Crippen molar-refractivity contribution in [1.29, 1.82) is 0 Å². The summed E-state index contributed by atoms with van der Waals surface area (Å²) in [5, 5.41) is 6.53. The van der Waals surface area contributed by atoms with Crippen LogP contribution in [0.5, 0.6) is 11.5 Å². The molecule has 1 saturated carbocycles. The van der Waals surface area contributed by atoms with Crippen LogP contribution < -0.4 is 9.47 Å². The van der Waals surface area contributed by atoms with Gasteiger partial charge in [-0.25, -0.2) is 9.40 Å². The zero-order valence-corrected chi connectivity index (χ0v) is 21.2. The molecule has 0 spiro atoms. The predicted molar refractivity (Wildman–Crippen MR) is 143 cm³/mol. The third-order valence-corrected chi connectivity index (χ3v) is 6.87. The van der Waals surface area contributed by atoms with Crippen molar-refractivity contribution in [1.82, 2.24) is 5.01 Å². The summed E-state index contributed by atoms with van der Waals surface area (Å²) in [5.41, 5.74) is 4.59. The van der Waals surface area contributed by atoms with Gasteiger partial charge in [0.1, 0.15) is 17.3 Å². The van der Waals surface area contributed by atoms with Gasteiger partial charge < -0.3 is 9.47 Å². The molecule has 1 amide bonds. The summed E-state index contributed by atoms with van der Waals surface area (Å²) in [6, 6.07) is 21.4. The van der Waals surface area contributed by atoms with E-state index < -0.39 is 0 Å². The first kappa shape index (κ1) is 24.8. The third-order valence-electron chi connectivity index (χ3n) is 6.87. The number of allylic oxidation sites excluding steroid dienone is 1. The van der Waals surface area contributed by atoms with Gasteiger partial charge in [-0.2, -0.15) is 5.10 Å². The largest absolute Gasteiger partial charge is 0.494 e. The Morgan fingerprint density at radius 2 is 1.57 bits per heavy atom.